The molecule has 5 heterocycles. The molecule has 2 fully saturated rings. The van der Waals surface area contributed by atoms with E-state index in [-0.39, 0.29) is 17.9 Å². The number of carbonyl (C=O) groups is 1. The molecular weight excluding hydrogens is 436 g/mol. The Kier molecular flexibility index (Phi) is 5.67. The summed E-state index contributed by atoms with van der Waals surface area (Å²) in [4.78, 5) is 25.5. The third-order valence-electron chi connectivity index (χ3n) is 5.75. The fourth-order valence-corrected chi connectivity index (χ4v) is 3.94. The van der Waals surface area contributed by atoms with Gasteiger partial charge in [0.2, 0.25) is 0 Å². The van der Waals surface area contributed by atoms with Gasteiger partial charge in [0.1, 0.15) is 18.3 Å². The highest BCUT2D eigenvalue weighted by Gasteiger charge is 2.44. The number of anilines is 1. The van der Waals surface area contributed by atoms with Gasteiger partial charge >= 0.3 is 0 Å². The minimum absolute atomic E-state index is 0.0223. The first-order valence-corrected chi connectivity index (χ1v) is 10.5. The van der Waals surface area contributed by atoms with Crippen LogP contribution >= 0.6 is 0 Å². The van der Waals surface area contributed by atoms with E-state index in [4.69, 9.17) is 9.47 Å². The van der Waals surface area contributed by atoms with Crippen molar-refractivity contribution < 1.29 is 29.6 Å². The van der Waals surface area contributed by atoms with E-state index >= 15 is 0 Å². The second-order valence-electron chi connectivity index (χ2n) is 7.88. The minimum atomic E-state index is -1.30. The highest BCUT2D eigenvalue weighted by molar-refractivity contribution is 5.93. The van der Waals surface area contributed by atoms with Crippen molar-refractivity contribution in [3.63, 3.8) is 0 Å². The van der Waals surface area contributed by atoms with E-state index in [9.17, 15) is 20.1 Å². The molecule has 5 rings (SSSR count). The van der Waals surface area contributed by atoms with Crippen molar-refractivity contribution in [3.8, 4) is 5.95 Å². The first-order valence-electron chi connectivity index (χ1n) is 10.5. The Hall–Kier alpha value is -3.17. The number of aliphatic hydroxyl groups excluding tert-OH is 3. The Bertz CT molecular complexity index is 1160. The molecule has 14 heteroatoms. The zero-order valence-corrected chi connectivity index (χ0v) is 17.7. The average molecular weight is 460 g/mol. The van der Waals surface area contributed by atoms with E-state index in [1.165, 1.54) is 35.0 Å². The van der Waals surface area contributed by atoms with Crippen LogP contribution in [0.1, 0.15) is 23.0 Å². The van der Waals surface area contributed by atoms with Crippen LogP contribution in [0, 0.1) is 0 Å². The second kappa shape index (κ2) is 8.64. The maximum atomic E-state index is 11.9. The molecular formula is C19H24N8O6. The molecule has 2 aliphatic rings. The monoisotopic (exact) mass is 460 g/mol. The third kappa shape index (κ3) is 3.81. The van der Waals surface area contributed by atoms with Crippen molar-refractivity contribution in [2.75, 3.05) is 32.2 Å². The summed E-state index contributed by atoms with van der Waals surface area (Å²) in [5.74, 6) is 0.279. The first kappa shape index (κ1) is 21.7. The summed E-state index contributed by atoms with van der Waals surface area (Å²) < 4.78 is 13.9. The molecule has 176 valence electrons. The maximum absolute atomic E-state index is 11.9. The molecule has 1 amide bonds. The van der Waals surface area contributed by atoms with E-state index < -0.39 is 31.1 Å². The van der Waals surface area contributed by atoms with Crippen LogP contribution in [-0.2, 0) is 9.47 Å². The average Bonchev–Trinajstić information content (AvgIpc) is 3.61. The summed E-state index contributed by atoms with van der Waals surface area (Å²) >= 11 is 0. The van der Waals surface area contributed by atoms with Crippen molar-refractivity contribution in [2.24, 2.45) is 0 Å². The van der Waals surface area contributed by atoms with Gasteiger partial charge in [-0.05, 0) is 6.42 Å². The molecule has 3 aromatic rings. The molecule has 2 saturated heterocycles. The molecule has 0 radical (unpaired) electrons. The van der Waals surface area contributed by atoms with Gasteiger partial charge in [-0.2, -0.15) is 15.1 Å². The zero-order chi connectivity index (χ0) is 23.1. The van der Waals surface area contributed by atoms with Crippen LogP contribution in [0.5, 0.6) is 0 Å². The van der Waals surface area contributed by atoms with Gasteiger partial charge in [-0.15, -0.1) is 0 Å². The number of fused-ring (bicyclic) bond motifs is 1. The van der Waals surface area contributed by atoms with E-state index in [1.807, 2.05) is 0 Å². The Labute approximate surface area is 187 Å². The molecule has 0 saturated carbocycles. The second-order valence-corrected chi connectivity index (χ2v) is 7.88. The topological polar surface area (TPSA) is 182 Å². The van der Waals surface area contributed by atoms with Crippen LogP contribution in [0.4, 0.5) is 5.82 Å². The Morgan fingerprint density at radius 2 is 2.15 bits per heavy atom. The number of rotatable bonds is 6. The number of ether oxygens (including phenoxy) is 2. The smallest absolute Gasteiger partial charge is 0.254 e. The SMILES string of the molecule is CNC(=O)c1cnn(-c2nc(N[C@@H]3CCOC3)c3ncn([C@@H]4O[C@H](CO)[C@@H](O)[C@H]4O)c3n2)c1. The lowest BCUT2D eigenvalue weighted by Gasteiger charge is -2.17. The van der Waals surface area contributed by atoms with Gasteiger partial charge in [-0.25, -0.2) is 9.67 Å². The minimum Gasteiger partial charge on any atom is -0.394 e. The fraction of sp³-hybridized carbons (Fsp3) is 0.526. The molecule has 5 N–H and O–H groups in total. The highest BCUT2D eigenvalue weighted by atomic mass is 16.6. The van der Waals surface area contributed by atoms with Gasteiger partial charge < -0.3 is 35.4 Å². The van der Waals surface area contributed by atoms with Gasteiger partial charge in [0, 0.05) is 19.9 Å². The normalized spacial score (nSPS) is 27.3. The van der Waals surface area contributed by atoms with Crippen molar-refractivity contribution in [3.05, 3.63) is 24.3 Å². The Morgan fingerprint density at radius 3 is 2.85 bits per heavy atom. The van der Waals surface area contributed by atoms with Crippen molar-refractivity contribution in [1.29, 1.82) is 0 Å². The third-order valence-corrected chi connectivity index (χ3v) is 5.75. The molecule has 3 aromatic heterocycles. The molecule has 0 spiro atoms. The van der Waals surface area contributed by atoms with E-state index in [0.29, 0.717) is 35.8 Å². The molecule has 0 unspecified atom stereocenters. The molecule has 0 bridgehead atoms. The van der Waals surface area contributed by atoms with Crippen molar-refractivity contribution >= 4 is 22.9 Å². The summed E-state index contributed by atoms with van der Waals surface area (Å²) in [5.41, 5.74) is 1.06. The van der Waals surface area contributed by atoms with Crippen LogP contribution in [0.25, 0.3) is 17.1 Å². The van der Waals surface area contributed by atoms with E-state index in [0.717, 1.165) is 6.42 Å². The lowest BCUT2D eigenvalue weighted by atomic mass is 10.1. The number of hydrogen-bond donors (Lipinski definition) is 5. The van der Waals surface area contributed by atoms with Gasteiger partial charge in [0.05, 0.1) is 37.3 Å². The number of aromatic nitrogens is 6. The van der Waals surface area contributed by atoms with Gasteiger partial charge in [0.15, 0.2) is 23.2 Å². The van der Waals surface area contributed by atoms with Crippen molar-refractivity contribution in [2.45, 2.75) is 37.0 Å². The number of amides is 1. The highest BCUT2D eigenvalue weighted by Crippen LogP contribution is 2.33. The van der Waals surface area contributed by atoms with Gasteiger partial charge in [0.25, 0.3) is 11.9 Å². The number of aliphatic hydroxyl groups is 3. The standard InChI is InChI=1S/C19H24N8O6/c1-20-17(31)9-4-22-27(5-9)19-24-15(23-10-2-3-32-7-10)12-16(25-19)26(8-21-12)18-14(30)13(29)11(6-28)33-18/h4-5,8,10-11,13-14,18,28-30H,2-3,6-7H2,1H3,(H,20,31)(H,23,24,25)/t10-,11-,13-,14-,18-/m1/s1. The maximum Gasteiger partial charge on any atom is 0.254 e. The fourth-order valence-electron chi connectivity index (χ4n) is 3.94. The van der Waals surface area contributed by atoms with Crippen LogP contribution in [0.3, 0.4) is 0 Å². The zero-order valence-electron chi connectivity index (χ0n) is 17.7. The summed E-state index contributed by atoms with van der Waals surface area (Å²) in [5, 5.41) is 40.1. The molecule has 0 aliphatic carbocycles. The van der Waals surface area contributed by atoms with Crippen LogP contribution < -0.4 is 10.6 Å². The Balaban J connectivity index is 1.59. The molecule has 33 heavy (non-hydrogen) atoms. The summed E-state index contributed by atoms with van der Waals surface area (Å²) in [6.07, 6.45) is 0.571. The lowest BCUT2D eigenvalue weighted by Crippen LogP contribution is -2.33. The van der Waals surface area contributed by atoms with Crippen LogP contribution in [0.15, 0.2) is 18.7 Å². The Morgan fingerprint density at radius 1 is 1.30 bits per heavy atom. The molecule has 5 atom stereocenters. The first-order chi connectivity index (χ1) is 16.0. The predicted octanol–water partition coefficient (Wildman–Crippen LogP) is -1.82. The largest absolute Gasteiger partial charge is 0.394 e. The lowest BCUT2D eigenvalue weighted by molar-refractivity contribution is -0.0511. The quantitative estimate of drug-likeness (QED) is 0.279. The summed E-state index contributed by atoms with van der Waals surface area (Å²) in [7, 11) is 1.52. The number of carbonyl (C=O) groups excluding carboxylic acids is 1. The summed E-state index contributed by atoms with van der Waals surface area (Å²) in [6, 6.07) is 0.0223. The number of nitrogens with zero attached hydrogens (tertiary/aromatic N) is 6. The number of hydrogen-bond acceptors (Lipinski definition) is 11. The molecule has 0 aromatic carbocycles. The van der Waals surface area contributed by atoms with Crippen LogP contribution in [0.2, 0.25) is 0 Å². The predicted molar refractivity (Wildman–Crippen MR) is 112 cm³/mol. The van der Waals surface area contributed by atoms with Gasteiger partial charge in [-0.3, -0.25) is 9.36 Å². The summed E-state index contributed by atoms with van der Waals surface area (Å²) in [6.45, 7) is 0.689. The van der Waals surface area contributed by atoms with Crippen LogP contribution in [-0.4, -0.2) is 102 Å². The molecule has 2 aliphatic heterocycles. The number of nitrogens with one attached hydrogen (secondary N) is 2. The number of imidazole rings is 1. The van der Waals surface area contributed by atoms with E-state index in [1.54, 1.807) is 0 Å². The van der Waals surface area contributed by atoms with Crippen molar-refractivity contribution in [1.82, 2.24) is 34.6 Å². The van der Waals surface area contributed by atoms with E-state index in [2.05, 4.69) is 30.7 Å². The van der Waals surface area contributed by atoms with Gasteiger partial charge in [-0.1, -0.05) is 0 Å². The molecule has 14 nitrogen and oxygen atoms in total.